The highest BCUT2D eigenvalue weighted by atomic mass is 16.5. The maximum absolute atomic E-state index is 11.7. The van der Waals surface area contributed by atoms with Crippen LogP contribution in [0.15, 0.2) is 24.3 Å². The van der Waals surface area contributed by atoms with E-state index in [4.69, 9.17) is 9.47 Å². The first-order chi connectivity index (χ1) is 9.40. The molecular weight excluding hydrogens is 254 g/mol. The van der Waals surface area contributed by atoms with Gasteiger partial charge in [-0.15, -0.1) is 0 Å². The minimum absolute atomic E-state index is 0.0457. The molecule has 4 heteroatoms. The molecular formula is C16H25NO3. The predicted molar refractivity (Wildman–Crippen MR) is 79.9 cm³/mol. The molecule has 0 radical (unpaired) electrons. The average molecular weight is 279 g/mol. The third-order valence-corrected chi connectivity index (χ3v) is 3.13. The standard InChI is InChI=1S/C16H25NO3/c1-6-11-20-14-9-7-13(8-10-14)12(2)17-16(3,4)15(18)19-5/h7-10,12,17H,6,11H2,1-5H3. The molecule has 0 heterocycles. The van der Waals surface area contributed by atoms with Gasteiger partial charge in [-0.25, -0.2) is 0 Å². The van der Waals surface area contributed by atoms with E-state index in [2.05, 4.69) is 12.2 Å². The first-order valence-electron chi connectivity index (χ1n) is 6.99. The normalized spacial score (nSPS) is 12.8. The van der Waals surface area contributed by atoms with Crippen LogP contribution in [0.25, 0.3) is 0 Å². The van der Waals surface area contributed by atoms with E-state index in [-0.39, 0.29) is 12.0 Å². The lowest BCUT2D eigenvalue weighted by atomic mass is 10.0. The molecule has 0 amide bonds. The summed E-state index contributed by atoms with van der Waals surface area (Å²) >= 11 is 0. The van der Waals surface area contributed by atoms with Crippen molar-refractivity contribution in [2.45, 2.75) is 45.7 Å². The maximum atomic E-state index is 11.7. The number of ether oxygens (including phenoxy) is 2. The minimum atomic E-state index is -0.717. The minimum Gasteiger partial charge on any atom is -0.494 e. The van der Waals surface area contributed by atoms with E-state index in [1.165, 1.54) is 7.11 Å². The monoisotopic (exact) mass is 279 g/mol. The molecule has 1 aromatic rings. The molecule has 0 saturated carbocycles. The molecule has 1 unspecified atom stereocenters. The van der Waals surface area contributed by atoms with Crippen molar-refractivity contribution >= 4 is 5.97 Å². The summed E-state index contributed by atoms with van der Waals surface area (Å²) in [5, 5.41) is 3.27. The summed E-state index contributed by atoms with van der Waals surface area (Å²) in [4.78, 5) is 11.7. The first kappa shape index (κ1) is 16.5. The van der Waals surface area contributed by atoms with Gasteiger partial charge in [-0.2, -0.15) is 0 Å². The highest BCUT2D eigenvalue weighted by Crippen LogP contribution is 2.20. The van der Waals surface area contributed by atoms with Gasteiger partial charge in [0.25, 0.3) is 0 Å². The van der Waals surface area contributed by atoms with E-state index in [1.54, 1.807) is 0 Å². The van der Waals surface area contributed by atoms with Gasteiger partial charge in [0, 0.05) is 6.04 Å². The van der Waals surface area contributed by atoms with E-state index >= 15 is 0 Å². The first-order valence-corrected chi connectivity index (χ1v) is 6.99. The van der Waals surface area contributed by atoms with Crippen LogP contribution >= 0.6 is 0 Å². The number of benzene rings is 1. The smallest absolute Gasteiger partial charge is 0.325 e. The number of nitrogens with one attached hydrogen (secondary N) is 1. The molecule has 112 valence electrons. The largest absolute Gasteiger partial charge is 0.494 e. The van der Waals surface area contributed by atoms with Crippen LogP contribution < -0.4 is 10.1 Å². The number of esters is 1. The van der Waals surface area contributed by atoms with Gasteiger partial charge in [-0.05, 0) is 44.9 Å². The SMILES string of the molecule is CCCOc1ccc(C(C)NC(C)(C)C(=O)OC)cc1. The van der Waals surface area contributed by atoms with Gasteiger partial charge in [-0.3, -0.25) is 10.1 Å². The van der Waals surface area contributed by atoms with Crippen molar-refractivity contribution in [3.8, 4) is 5.75 Å². The third-order valence-electron chi connectivity index (χ3n) is 3.13. The zero-order valence-corrected chi connectivity index (χ0v) is 13.0. The molecule has 0 bridgehead atoms. The zero-order valence-electron chi connectivity index (χ0n) is 13.0. The Hall–Kier alpha value is -1.55. The van der Waals surface area contributed by atoms with Crippen molar-refractivity contribution in [1.82, 2.24) is 5.32 Å². The Morgan fingerprint density at radius 3 is 2.40 bits per heavy atom. The van der Waals surface area contributed by atoms with Crippen LogP contribution in [0.1, 0.15) is 45.7 Å². The zero-order chi connectivity index (χ0) is 15.2. The molecule has 1 atom stereocenters. The summed E-state index contributed by atoms with van der Waals surface area (Å²) in [5.74, 6) is 0.599. The van der Waals surface area contributed by atoms with E-state index < -0.39 is 5.54 Å². The van der Waals surface area contributed by atoms with Crippen molar-refractivity contribution in [2.75, 3.05) is 13.7 Å². The van der Waals surface area contributed by atoms with Gasteiger partial charge in [0.15, 0.2) is 0 Å². The fourth-order valence-electron chi connectivity index (χ4n) is 2.01. The quantitative estimate of drug-likeness (QED) is 0.779. The predicted octanol–water partition coefficient (Wildman–Crippen LogP) is 3.08. The van der Waals surface area contributed by atoms with Crippen LogP contribution in [0, 0.1) is 0 Å². The number of rotatable bonds is 7. The van der Waals surface area contributed by atoms with E-state index in [0.717, 1.165) is 24.3 Å². The highest BCUT2D eigenvalue weighted by molar-refractivity contribution is 5.79. The number of hydrogen-bond acceptors (Lipinski definition) is 4. The van der Waals surface area contributed by atoms with Gasteiger partial charge >= 0.3 is 5.97 Å². The molecule has 0 saturated heterocycles. The van der Waals surface area contributed by atoms with Crippen molar-refractivity contribution in [3.63, 3.8) is 0 Å². The number of carbonyl (C=O) groups excluding carboxylic acids is 1. The van der Waals surface area contributed by atoms with E-state index in [9.17, 15) is 4.79 Å². The summed E-state index contributed by atoms with van der Waals surface area (Å²) in [6.07, 6.45) is 0.993. The van der Waals surface area contributed by atoms with Crippen LogP contribution in [0.4, 0.5) is 0 Å². The highest BCUT2D eigenvalue weighted by Gasteiger charge is 2.30. The Balaban J connectivity index is 2.68. The molecule has 0 aliphatic rings. The lowest BCUT2D eigenvalue weighted by Gasteiger charge is -2.27. The van der Waals surface area contributed by atoms with Crippen LogP contribution in [-0.2, 0) is 9.53 Å². The van der Waals surface area contributed by atoms with Gasteiger partial charge < -0.3 is 9.47 Å². The Bertz CT molecular complexity index is 426. The topological polar surface area (TPSA) is 47.6 Å². The van der Waals surface area contributed by atoms with Crippen LogP contribution in [0.3, 0.4) is 0 Å². The summed E-state index contributed by atoms with van der Waals surface area (Å²) < 4.78 is 10.3. The molecule has 4 nitrogen and oxygen atoms in total. The van der Waals surface area contributed by atoms with E-state index in [1.807, 2.05) is 45.0 Å². The fourth-order valence-corrected chi connectivity index (χ4v) is 2.01. The molecule has 0 aromatic heterocycles. The lowest BCUT2D eigenvalue weighted by Crippen LogP contribution is -2.48. The number of hydrogen-bond donors (Lipinski definition) is 1. The Kier molecular flexibility index (Phi) is 6.02. The average Bonchev–Trinajstić information content (AvgIpc) is 2.44. The molecule has 1 aromatic carbocycles. The Labute approximate surface area is 121 Å². The van der Waals surface area contributed by atoms with Crippen LogP contribution in [-0.4, -0.2) is 25.2 Å². The summed E-state index contributed by atoms with van der Waals surface area (Å²) in [5.41, 5.74) is 0.386. The van der Waals surface area contributed by atoms with Crippen LogP contribution in [0.5, 0.6) is 5.75 Å². The lowest BCUT2D eigenvalue weighted by molar-refractivity contribution is -0.147. The molecule has 0 aliphatic heterocycles. The van der Waals surface area contributed by atoms with Crippen molar-refractivity contribution < 1.29 is 14.3 Å². The van der Waals surface area contributed by atoms with Crippen molar-refractivity contribution in [1.29, 1.82) is 0 Å². The fraction of sp³-hybridized carbons (Fsp3) is 0.562. The summed E-state index contributed by atoms with van der Waals surface area (Å²) in [6.45, 7) is 8.45. The van der Waals surface area contributed by atoms with Gasteiger partial charge in [0.1, 0.15) is 11.3 Å². The molecule has 0 spiro atoms. The van der Waals surface area contributed by atoms with Crippen molar-refractivity contribution in [3.05, 3.63) is 29.8 Å². The maximum Gasteiger partial charge on any atom is 0.325 e. The van der Waals surface area contributed by atoms with E-state index in [0.29, 0.717) is 0 Å². The van der Waals surface area contributed by atoms with Crippen molar-refractivity contribution in [2.24, 2.45) is 0 Å². The molecule has 0 aliphatic carbocycles. The second-order valence-electron chi connectivity index (χ2n) is 5.40. The Morgan fingerprint density at radius 1 is 1.30 bits per heavy atom. The summed E-state index contributed by atoms with van der Waals surface area (Å²) in [7, 11) is 1.40. The number of carbonyl (C=O) groups is 1. The molecule has 1 rings (SSSR count). The van der Waals surface area contributed by atoms with Gasteiger partial charge in [-0.1, -0.05) is 19.1 Å². The van der Waals surface area contributed by atoms with Crippen LogP contribution in [0.2, 0.25) is 0 Å². The van der Waals surface area contributed by atoms with Gasteiger partial charge in [0.05, 0.1) is 13.7 Å². The molecule has 1 N–H and O–H groups in total. The second kappa shape index (κ2) is 7.29. The summed E-state index contributed by atoms with van der Waals surface area (Å²) in [6, 6.07) is 7.97. The Morgan fingerprint density at radius 2 is 1.90 bits per heavy atom. The van der Waals surface area contributed by atoms with Gasteiger partial charge in [0.2, 0.25) is 0 Å². The third kappa shape index (κ3) is 4.53. The number of methoxy groups -OCH3 is 1. The molecule has 20 heavy (non-hydrogen) atoms. The second-order valence-corrected chi connectivity index (χ2v) is 5.40. The molecule has 0 fully saturated rings.